The zero-order chi connectivity index (χ0) is 18.9. The van der Waals surface area contributed by atoms with Crippen LogP contribution in [0, 0.1) is 6.92 Å². The second-order valence-corrected chi connectivity index (χ2v) is 7.74. The fourth-order valence-corrected chi connectivity index (χ4v) is 3.38. The summed E-state index contributed by atoms with van der Waals surface area (Å²) in [6, 6.07) is 1.92. The van der Waals surface area contributed by atoms with Gasteiger partial charge in [-0.05, 0) is 26.7 Å². The first-order valence-electron chi connectivity index (χ1n) is 8.86. The monoisotopic (exact) mass is 382 g/mol. The van der Waals surface area contributed by atoms with Crippen LogP contribution in [0.5, 0.6) is 0 Å². The Morgan fingerprint density at radius 1 is 1.31 bits per heavy atom. The molecule has 1 saturated carbocycles. The number of thioether (sulfide) groups is 1. The molecule has 0 aliphatic heterocycles. The predicted molar refractivity (Wildman–Crippen MR) is 99.8 cm³/mol. The molecule has 1 aromatic heterocycles. The molecule has 1 fully saturated rings. The highest BCUT2D eigenvalue weighted by Crippen LogP contribution is 2.17. The van der Waals surface area contributed by atoms with Crippen molar-refractivity contribution in [3.05, 3.63) is 11.8 Å². The minimum absolute atomic E-state index is 0.0273. The molecule has 0 aromatic carbocycles. The van der Waals surface area contributed by atoms with Gasteiger partial charge in [-0.3, -0.25) is 14.4 Å². The Morgan fingerprint density at radius 2 is 2.04 bits per heavy atom. The smallest absolute Gasteiger partial charge is 0.238 e. The second kappa shape index (κ2) is 10.2. The van der Waals surface area contributed by atoms with Crippen LogP contribution in [0.4, 0.5) is 5.82 Å². The van der Waals surface area contributed by atoms with E-state index >= 15 is 0 Å². The fraction of sp³-hybridized carbons (Fsp3) is 0.647. The van der Waals surface area contributed by atoms with Crippen molar-refractivity contribution in [3.63, 3.8) is 0 Å². The molecule has 1 aromatic rings. The lowest BCUT2D eigenvalue weighted by Gasteiger charge is -2.12. The third-order valence-electron chi connectivity index (χ3n) is 4.11. The van der Waals surface area contributed by atoms with Crippen LogP contribution in [0.15, 0.2) is 10.6 Å². The molecule has 0 saturated heterocycles. The molecule has 26 heavy (non-hydrogen) atoms. The van der Waals surface area contributed by atoms with E-state index < -0.39 is 5.25 Å². The number of rotatable bonds is 9. The highest BCUT2D eigenvalue weighted by Gasteiger charge is 2.18. The van der Waals surface area contributed by atoms with Crippen molar-refractivity contribution in [2.75, 3.05) is 17.6 Å². The molecule has 0 spiro atoms. The maximum atomic E-state index is 12.0. The van der Waals surface area contributed by atoms with Crippen LogP contribution < -0.4 is 16.0 Å². The number of nitrogens with zero attached hydrogens (tertiary/aromatic N) is 1. The summed E-state index contributed by atoms with van der Waals surface area (Å²) in [4.78, 5) is 35.6. The van der Waals surface area contributed by atoms with Crippen LogP contribution in [0.1, 0.15) is 44.8 Å². The lowest BCUT2D eigenvalue weighted by Crippen LogP contribution is -2.36. The number of aryl methyl sites for hydroxylation is 1. The van der Waals surface area contributed by atoms with Crippen LogP contribution in [0.2, 0.25) is 0 Å². The number of nitrogens with one attached hydrogen (secondary N) is 3. The van der Waals surface area contributed by atoms with Gasteiger partial charge in [0.1, 0.15) is 5.76 Å². The van der Waals surface area contributed by atoms with Gasteiger partial charge in [0.15, 0.2) is 5.82 Å². The molecule has 1 atom stereocenters. The summed E-state index contributed by atoms with van der Waals surface area (Å²) < 4.78 is 4.88. The fourth-order valence-electron chi connectivity index (χ4n) is 2.67. The Bertz CT molecular complexity index is 628. The zero-order valence-electron chi connectivity index (χ0n) is 15.2. The Labute approximate surface area is 157 Å². The standard InChI is InChI=1S/C17H26N4O4S/c1-11-9-14(21-25-11)20-17(24)12(2)26-10-16(23)18-8-7-15(22)19-13-5-3-4-6-13/h9,12-13H,3-8,10H2,1-2H3,(H,18,23)(H,19,22)(H,20,21,24). The van der Waals surface area contributed by atoms with E-state index in [1.54, 1.807) is 19.9 Å². The zero-order valence-corrected chi connectivity index (χ0v) is 16.0. The summed E-state index contributed by atoms with van der Waals surface area (Å²) >= 11 is 1.22. The van der Waals surface area contributed by atoms with Crippen molar-refractivity contribution in [2.45, 2.75) is 57.2 Å². The Morgan fingerprint density at radius 3 is 2.69 bits per heavy atom. The van der Waals surface area contributed by atoms with Crippen molar-refractivity contribution in [1.29, 1.82) is 0 Å². The van der Waals surface area contributed by atoms with Gasteiger partial charge in [-0.2, -0.15) is 0 Å². The van der Waals surface area contributed by atoms with Gasteiger partial charge in [0.05, 0.1) is 11.0 Å². The average Bonchev–Trinajstić information content (AvgIpc) is 3.24. The Balaban J connectivity index is 1.57. The quantitative estimate of drug-likeness (QED) is 0.598. The molecule has 3 N–H and O–H groups in total. The third kappa shape index (κ3) is 7.07. The van der Waals surface area contributed by atoms with Gasteiger partial charge in [0.2, 0.25) is 17.7 Å². The number of carbonyl (C=O) groups excluding carboxylic acids is 3. The first kappa shape index (κ1) is 20.3. The van der Waals surface area contributed by atoms with E-state index in [2.05, 4.69) is 21.1 Å². The van der Waals surface area contributed by atoms with Crippen LogP contribution in [-0.4, -0.2) is 46.5 Å². The van der Waals surface area contributed by atoms with Gasteiger partial charge in [-0.1, -0.05) is 18.0 Å². The number of anilines is 1. The van der Waals surface area contributed by atoms with E-state index in [0.717, 1.165) is 12.8 Å². The van der Waals surface area contributed by atoms with Gasteiger partial charge in [-0.15, -0.1) is 11.8 Å². The van der Waals surface area contributed by atoms with Crippen LogP contribution in [0.3, 0.4) is 0 Å². The minimum atomic E-state index is -0.413. The lowest BCUT2D eigenvalue weighted by molar-refractivity contribution is -0.122. The molecule has 9 heteroatoms. The van der Waals surface area contributed by atoms with Crippen LogP contribution >= 0.6 is 11.8 Å². The third-order valence-corrected chi connectivity index (χ3v) is 5.25. The summed E-state index contributed by atoms with van der Waals surface area (Å²) in [5.74, 6) is 0.652. The molecule has 0 radical (unpaired) electrons. The van der Waals surface area contributed by atoms with E-state index in [-0.39, 0.29) is 29.9 Å². The molecular formula is C17H26N4O4S. The molecule has 144 valence electrons. The van der Waals surface area contributed by atoms with Gasteiger partial charge >= 0.3 is 0 Å². The van der Waals surface area contributed by atoms with Crippen LogP contribution in [-0.2, 0) is 14.4 Å². The maximum absolute atomic E-state index is 12.0. The molecule has 2 rings (SSSR count). The average molecular weight is 382 g/mol. The van der Waals surface area contributed by atoms with Crippen LogP contribution in [0.25, 0.3) is 0 Å². The Kier molecular flexibility index (Phi) is 7.96. The molecule has 8 nitrogen and oxygen atoms in total. The minimum Gasteiger partial charge on any atom is -0.360 e. The molecular weight excluding hydrogens is 356 g/mol. The molecule has 1 aliphatic rings. The van der Waals surface area contributed by atoms with Gasteiger partial charge < -0.3 is 20.5 Å². The lowest BCUT2D eigenvalue weighted by atomic mass is 10.2. The first-order chi connectivity index (χ1) is 12.4. The molecule has 3 amide bonds. The van der Waals surface area contributed by atoms with E-state index in [9.17, 15) is 14.4 Å². The van der Waals surface area contributed by atoms with E-state index in [0.29, 0.717) is 24.2 Å². The first-order valence-corrected chi connectivity index (χ1v) is 9.91. The van der Waals surface area contributed by atoms with E-state index in [1.165, 1.54) is 24.6 Å². The highest BCUT2D eigenvalue weighted by molar-refractivity contribution is 8.01. The summed E-state index contributed by atoms with van der Waals surface area (Å²) in [5, 5.41) is 11.6. The van der Waals surface area contributed by atoms with Gasteiger partial charge in [0, 0.05) is 25.1 Å². The summed E-state index contributed by atoms with van der Waals surface area (Å²) in [5.41, 5.74) is 0. The largest absolute Gasteiger partial charge is 0.360 e. The maximum Gasteiger partial charge on any atom is 0.238 e. The number of hydrogen-bond acceptors (Lipinski definition) is 6. The summed E-state index contributed by atoms with van der Waals surface area (Å²) in [6.45, 7) is 3.76. The van der Waals surface area contributed by atoms with Crippen molar-refractivity contribution >= 4 is 35.3 Å². The molecule has 1 unspecified atom stereocenters. The number of carbonyl (C=O) groups is 3. The number of aromatic nitrogens is 1. The van der Waals surface area contributed by atoms with Crippen molar-refractivity contribution in [2.24, 2.45) is 0 Å². The SMILES string of the molecule is Cc1cc(NC(=O)C(C)SCC(=O)NCCC(=O)NC2CCCC2)no1. The second-order valence-electron chi connectivity index (χ2n) is 6.41. The molecule has 1 heterocycles. The van der Waals surface area contributed by atoms with Crippen molar-refractivity contribution < 1.29 is 18.9 Å². The van der Waals surface area contributed by atoms with Crippen molar-refractivity contribution in [1.82, 2.24) is 15.8 Å². The molecule has 0 bridgehead atoms. The van der Waals surface area contributed by atoms with Gasteiger partial charge in [-0.25, -0.2) is 0 Å². The highest BCUT2D eigenvalue weighted by atomic mass is 32.2. The summed E-state index contributed by atoms with van der Waals surface area (Å²) in [6.07, 6.45) is 4.70. The normalized spacial score (nSPS) is 15.5. The predicted octanol–water partition coefficient (Wildman–Crippen LogP) is 1.61. The Hall–Kier alpha value is -2.03. The van der Waals surface area contributed by atoms with E-state index in [1.807, 2.05) is 0 Å². The molecule has 1 aliphatic carbocycles. The van der Waals surface area contributed by atoms with Gasteiger partial charge in [0.25, 0.3) is 0 Å². The number of amides is 3. The number of hydrogen-bond donors (Lipinski definition) is 3. The topological polar surface area (TPSA) is 113 Å². The van der Waals surface area contributed by atoms with E-state index in [4.69, 9.17) is 4.52 Å². The van der Waals surface area contributed by atoms with Crippen molar-refractivity contribution in [3.8, 4) is 0 Å². The summed E-state index contributed by atoms with van der Waals surface area (Å²) in [7, 11) is 0.